The van der Waals surface area contributed by atoms with E-state index in [0.29, 0.717) is 10.8 Å². The molecule has 5 rings (SSSR count). The van der Waals surface area contributed by atoms with Gasteiger partial charge in [0.1, 0.15) is 0 Å². The number of sulfonamides is 1. The summed E-state index contributed by atoms with van der Waals surface area (Å²) in [5.41, 5.74) is 10.2. The molecule has 0 saturated carbocycles. The van der Waals surface area contributed by atoms with Crippen LogP contribution in [-0.4, -0.2) is 29.3 Å². The number of thiocarbonyl (C=S) groups is 1. The van der Waals surface area contributed by atoms with Crippen molar-refractivity contribution < 1.29 is 8.42 Å². The number of hydrogen-bond acceptors (Lipinski definition) is 4. The first-order valence-electron chi connectivity index (χ1n) is 12.8. The van der Waals surface area contributed by atoms with E-state index in [-0.39, 0.29) is 12.1 Å². The molecule has 39 heavy (non-hydrogen) atoms. The van der Waals surface area contributed by atoms with Crippen molar-refractivity contribution in [1.29, 1.82) is 0 Å². The Bertz CT molecular complexity index is 1660. The van der Waals surface area contributed by atoms with Crippen LogP contribution in [0.2, 0.25) is 0 Å². The van der Waals surface area contributed by atoms with E-state index in [1.807, 2.05) is 37.3 Å². The van der Waals surface area contributed by atoms with Crippen LogP contribution in [0.25, 0.3) is 5.69 Å². The molecule has 0 unspecified atom stereocenters. The monoisotopic (exact) mass is 559 g/mol. The van der Waals surface area contributed by atoms with Crippen molar-refractivity contribution >= 4 is 38.7 Å². The summed E-state index contributed by atoms with van der Waals surface area (Å²) in [6.45, 7) is 10.5. The Morgan fingerprint density at radius 2 is 1.64 bits per heavy atom. The van der Waals surface area contributed by atoms with E-state index in [1.165, 1.54) is 16.8 Å². The number of hydrogen-bond donors (Lipinski definition) is 2. The van der Waals surface area contributed by atoms with Gasteiger partial charge in [-0.15, -0.1) is 0 Å². The van der Waals surface area contributed by atoms with Crippen molar-refractivity contribution in [3.63, 3.8) is 0 Å². The fourth-order valence-electron chi connectivity index (χ4n) is 5.65. The number of nitrogens with zero attached hydrogens (tertiary/aromatic N) is 3. The molecule has 9 heteroatoms. The van der Waals surface area contributed by atoms with Crippen LogP contribution < -0.4 is 14.9 Å². The second-order valence-corrected chi connectivity index (χ2v) is 12.4. The molecule has 2 N–H and O–H groups in total. The van der Waals surface area contributed by atoms with Gasteiger partial charge in [0.15, 0.2) is 5.11 Å². The number of pyridine rings is 1. The van der Waals surface area contributed by atoms with E-state index >= 15 is 0 Å². The van der Waals surface area contributed by atoms with Crippen molar-refractivity contribution in [3.8, 4) is 5.69 Å². The summed E-state index contributed by atoms with van der Waals surface area (Å²) < 4.78 is 28.6. The summed E-state index contributed by atoms with van der Waals surface area (Å²) in [4.78, 5) is 6.81. The van der Waals surface area contributed by atoms with Gasteiger partial charge in [-0.25, -0.2) is 8.42 Å². The molecular formula is C30H33N5O2S2. The molecule has 0 bridgehead atoms. The van der Waals surface area contributed by atoms with Gasteiger partial charge in [-0.1, -0.05) is 24.3 Å². The van der Waals surface area contributed by atoms with Gasteiger partial charge in [-0.05, 0) is 105 Å². The van der Waals surface area contributed by atoms with Crippen LogP contribution in [0, 0.1) is 34.6 Å². The first-order chi connectivity index (χ1) is 18.5. The Hall–Kier alpha value is -3.69. The van der Waals surface area contributed by atoms with E-state index in [9.17, 15) is 8.42 Å². The summed E-state index contributed by atoms with van der Waals surface area (Å²) >= 11 is 5.93. The lowest BCUT2D eigenvalue weighted by Crippen LogP contribution is -2.29. The third-order valence-corrected chi connectivity index (χ3v) is 8.24. The fraction of sp³-hybridized carbons (Fsp3) is 0.267. The van der Waals surface area contributed by atoms with Gasteiger partial charge in [-0.2, -0.15) is 0 Å². The number of aromatic nitrogens is 2. The molecular weight excluding hydrogens is 526 g/mol. The van der Waals surface area contributed by atoms with Gasteiger partial charge in [0.25, 0.3) is 0 Å². The van der Waals surface area contributed by atoms with Gasteiger partial charge in [-0.3, -0.25) is 9.71 Å². The molecule has 2 aromatic carbocycles. The Morgan fingerprint density at radius 1 is 0.923 bits per heavy atom. The topological polar surface area (TPSA) is 79.3 Å². The molecule has 202 valence electrons. The van der Waals surface area contributed by atoms with Crippen molar-refractivity contribution in [3.05, 3.63) is 106 Å². The molecule has 0 aliphatic carbocycles. The largest absolute Gasteiger partial charge is 0.351 e. The highest BCUT2D eigenvalue weighted by Crippen LogP contribution is 2.44. The maximum absolute atomic E-state index is 11.9. The molecule has 4 aromatic rings. The Labute approximate surface area is 235 Å². The molecule has 0 spiro atoms. The lowest BCUT2D eigenvalue weighted by Gasteiger charge is -2.29. The summed E-state index contributed by atoms with van der Waals surface area (Å²) in [5, 5.41) is 4.13. The highest BCUT2D eigenvalue weighted by molar-refractivity contribution is 7.92. The van der Waals surface area contributed by atoms with Gasteiger partial charge in [0, 0.05) is 23.3 Å². The minimum atomic E-state index is -3.39. The number of rotatable bonds is 6. The normalized spacial score (nSPS) is 17.4. The van der Waals surface area contributed by atoms with Crippen molar-refractivity contribution in [2.45, 2.75) is 46.7 Å². The lowest BCUT2D eigenvalue weighted by atomic mass is 9.96. The molecule has 0 radical (unpaired) electrons. The van der Waals surface area contributed by atoms with Crippen molar-refractivity contribution in [1.82, 2.24) is 14.9 Å². The first kappa shape index (κ1) is 26.9. The second kappa shape index (κ2) is 10.1. The molecule has 0 amide bonds. The summed E-state index contributed by atoms with van der Waals surface area (Å²) in [5.74, 6) is 0. The van der Waals surface area contributed by atoms with Crippen LogP contribution in [0.4, 0.5) is 11.4 Å². The van der Waals surface area contributed by atoms with Crippen LogP contribution in [0.5, 0.6) is 0 Å². The number of para-hydroxylation sites is 1. The molecule has 1 aliphatic rings. The molecule has 7 nitrogen and oxygen atoms in total. The standard InChI is InChI=1S/C30H33N5O2S2/c1-18-10-9-11-19(2)28(18)34-21(4)17-24(22(34)5)29-27(26-12-7-8-15-31-26)32-30(38)35(29)23-13-14-25(20(3)16-23)33-39(6,36)37/h7-17,27,29,33H,1-6H3,(H,32,38)/t27-,29+/m0/s1. The molecule has 1 aliphatic heterocycles. The number of anilines is 2. The fourth-order valence-corrected chi connectivity index (χ4v) is 6.62. The molecule has 2 aromatic heterocycles. The van der Waals surface area contributed by atoms with Gasteiger partial charge >= 0.3 is 0 Å². The average molecular weight is 560 g/mol. The maximum atomic E-state index is 11.9. The van der Waals surface area contributed by atoms with Crippen LogP contribution in [0.1, 0.15) is 51.4 Å². The zero-order chi connectivity index (χ0) is 28.1. The minimum Gasteiger partial charge on any atom is -0.351 e. The first-order valence-corrected chi connectivity index (χ1v) is 15.1. The van der Waals surface area contributed by atoms with Crippen LogP contribution >= 0.6 is 12.2 Å². The van der Waals surface area contributed by atoms with Gasteiger partial charge in [0.2, 0.25) is 10.0 Å². The van der Waals surface area contributed by atoms with E-state index in [4.69, 9.17) is 12.2 Å². The Kier molecular flexibility index (Phi) is 6.99. The third-order valence-electron chi connectivity index (χ3n) is 7.33. The Morgan fingerprint density at radius 3 is 2.26 bits per heavy atom. The Balaban J connectivity index is 1.68. The van der Waals surface area contributed by atoms with Crippen LogP contribution in [-0.2, 0) is 10.0 Å². The van der Waals surface area contributed by atoms with Crippen LogP contribution in [0.3, 0.4) is 0 Å². The molecule has 1 fully saturated rings. The maximum Gasteiger partial charge on any atom is 0.229 e. The van der Waals surface area contributed by atoms with E-state index in [1.54, 1.807) is 12.3 Å². The average Bonchev–Trinajstić information content (AvgIpc) is 3.36. The van der Waals surface area contributed by atoms with E-state index in [2.05, 4.69) is 76.5 Å². The molecule has 2 atom stereocenters. The third kappa shape index (κ3) is 5.04. The second-order valence-electron chi connectivity index (χ2n) is 10.3. The van der Waals surface area contributed by atoms with E-state index in [0.717, 1.165) is 40.2 Å². The predicted molar refractivity (Wildman–Crippen MR) is 162 cm³/mol. The SMILES string of the molecule is Cc1cc(N2C(=S)N[C@@H](c3ccccn3)[C@H]2c2cc(C)n(-c3c(C)cccc3C)c2C)ccc1NS(C)(=O)=O. The van der Waals surface area contributed by atoms with E-state index < -0.39 is 10.0 Å². The van der Waals surface area contributed by atoms with Crippen molar-refractivity contribution in [2.24, 2.45) is 0 Å². The van der Waals surface area contributed by atoms with Crippen LogP contribution in [0.15, 0.2) is 66.9 Å². The molecule has 3 heterocycles. The number of nitrogens with one attached hydrogen (secondary N) is 2. The summed E-state index contributed by atoms with van der Waals surface area (Å²) in [6, 6.07) is 19.9. The predicted octanol–water partition coefficient (Wildman–Crippen LogP) is 5.96. The zero-order valence-electron chi connectivity index (χ0n) is 23.0. The van der Waals surface area contributed by atoms with Crippen molar-refractivity contribution in [2.75, 3.05) is 15.9 Å². The number of benzene rings is 2. The minimum absolute atomic E-state index is 0.176. The van der Waals surface area contributed by atoms with Gasteiger partial charge < -0.3 is 14.8 Å². The quantitative estimate of drug-likeness (QED) is 0.284. The van der Waals surface area contributed by atoms with Gasteiger partial charge in [0.05, 0.1) is 35.4 Å². The zero-order valence-corrected chi connectivity index (χ0v) is 24.6. The number of aryl methyl sites for hydroxylation is 4. The molecule has 1 saturated heterocycles. The summed E-state index contributed by atoms with van der Waals surface area (Å²) in [7, 11) is -3.39. The summed E-state index contributed by atoms with van der Waals surface area (Å²) in [6.07, 6.45) is 2.95. The lowest BCUT2D eigenvalue weighted by molar-refractivity contribution is 0.565. The highest BCUT2D eigenvalue weighted by Gasteiger charge is 2.42. The smallest absolute Gasteiger partial charge is 0.229 e. The highest BCUT2D eigenvalue weighted by atomic mass is 32.2.